The highest BCUT2D eigenvalue weighted by molar-refractivity contribution is 5.46. The molecule has 0 heterocycles. The maximum Gasteiger partial charge on any atom is 0.119 e. The Bertz CT molecular complexity index is 377. The van der Waals surface area contributed by atoms with Gasteiger partial charge in [-0.05, 0) is 63.3 Å². The minimum absolute atomic E-state index is 0.765. The molecule has 19 heavy (non-hydrogen) atoms. The fourth-order valence-electron chi connectivity index (χ4n) is 1.97. The molecule has 0 fully saturated rings. The number of hydrogen-bond acceptors (Lipinski definition) is 2. The van der Waals surface area contributed by atoms with Crippen molar-refractivity contribution in [2.45, 2.75) is 40.0 Å². The molecule has 2 nitrogen and oxygen atoms in total. The summed E-state index contributed by atoms with van der Waals surface area (Å²) in [7, 11) is 1.69. The first-order valence-electron chi connectivity index (χ1n) is 7.13. The third-order valence-corrected chi connectivity index (χ3v) is 3.27. The van der Waals surface area contributed by atoms with Gasteiger partial charge in [-0.15, -0.1) is 0 Å². The van der Waals surface area contributed by atoms with Gasteiger partial charge in [-0.2, -0.15) is 0 Å². The molecule has 1 aromatic carbocycles. The summed E-state index contributed by atoms with van der Waals surface area (Å²) in [6.45, 7) is 7.68. The summed E-state index contributed by atoms with van der Waals surface area (Å²) in [6, 6.07) is 8.10. The molecule has 1 rings (SSSR count). The number of ether oxygens (including phenoxy) is 1. The number of anilines is 1. The highest BCUT2D eigenvalue weighted by Crippen LogP contribution is 2.16. The van der Waals surface area contributed by atoms with E-state index in [4.69, 9.17) is 4.74 Å². The Morgan fingerprint density at radius 2 is 1.89 bits per heavy atom. The molecule has 0 spiro atoms. The summed E-state index contributed by atoms with van der Waals surface area (Å²) in [5.41, 5.74) is 2.58. The van der Waals surface area contributed by atoms with Crippen LogP contribution in [0.1, 0.15) is 40.0 Å². The third-order valence-electron chi connectivity index (χ3n) is 3.27. The summed E-state index contributed by atoms with van der Waals surface area (Å²) >= 11 is 0. The SMILES string of the molecule is COc1ccc(NCCC(C)CCC=C(C)C)cc1. The van der Waals surface area contributed by atoms with Crippen LogP contribution < -0.4 is 10.1 Å². The van der Waals surface area contributed by atoms with Crippen molar-refractivity contribution in [2.24, 2.45) is 5.92 Å². The molecule has 0 saturated heterocycles. The van der Waals surface area contributed by atoms with E-state index in [9.17, 15) is 0 Å². The molecular formula is C17H27NO. The van der Waals surface area contributed by atoms with Crippen molar-refractivity contribution < 1.29 is 4.74 Å². The van der Waals surface area contributed by atoms with Gasteiger partial charge in [-0.1, -0.05) is 18.6 Å². The van der Waals surface area contributed by atoms with Crippen molar-refractivity contribution in [3.63, 3.8) is 0 Å². The first-order chi connectivity index (χ1) is 9.11. The maximum atomic E-state index is 5.14. The Kier molecular flexibility index (Phi) is 7.09. The van der Waals surface area contributed by atoms with Crippen LogP contribution in [0.2, 0.25) is 0 Å². The molecule has 0 aromatic heterocycles. The first kappa shape index (κ1) is 15.6. The summed E-state index contributed by atoms with van der Waals surface area (Å²) < 4.78 is 5.14. The second-order valence-electron chi connectivity index (χ2n) is 5.41. The van der Waals surface area contributed by atoms with Crippen LogP contribution in [0.3, 0.4) is 0 Å². The number of hydrogen-bond donors (Lipinski definition) is 1. The summed E-state index contributed by atoms with van der Waals surface area (Å²) in [4.78, 5) is 0. The van der Waals surface area contributed by atoms with Crippen LogP contribution in [0.15, 0.2) is 35.9 Å². The minimum Gasteiger partial charge on any atom is -0.497 e. The normalized spacial score (nSPS) is 11.8. The van der Waals surface area contributed by atoms with Crippen LogP contribution in [-0.4, -0.2) is 13.7 Å². The van der Waals surface area contributed by atoms with E-state index in [-0.39, 0.29) is 0 Å². The Balaban J connectivity index is 2.20. The fraction of sp³-hybridized carbons (Fsp3) is 0.529. The van der Waals surface area contributed by atoms with Gasteiger partial charge in [0.15, 0.2) is 0 Å². The van der Waals surface area contributed by atoms with Gasteiger partial charge < -0.3 is 10.1 Å². The van der Waals surface area contributed by atoms with E-state index in [1.807, 2.05) is 12.1 Å². The molecule has 1 unspecified atom stereocenters. The molecule has 0 radical (unpaired) electrons. The van der Waals surface area contributed by atoms with Crippen molar-refractivity contribution in [1.82, 2.24) is 0 Å². The average molecular weight is 261 g/mol. The Labute approximate surface area is 117 Å². The van der Waals surface area contributed by atoms with Crippen molar-refractivity contribution in [2.75, 3.05) is 19.0 Å². The summed E-state index contributed by atoms with van der Waals surface area (Å²) in [6.07, 6.45) is 6.01. The second-order valence-corrected chi connectivity index (χ2v) is 5.41. The predicted octanol–water partition coefficient (Wildman–Crippen LogP) is 4.88. The topological polar surface area (TPSA) is 21.3 Å². The molecule has 1 aromatic rings. The minimum atomic E-state index is 0.765. The molecule has 0 aliphatic rings. The number of rotatable bonds is 8. The van der Waals surface area contributed by atoms with E-state index >= 15 is 0 Å². The van der Waals surface area contributed by atoms with Gasteiger partial charge >= 0.3 is 0 Å². The van der Waals surface area contributed by atoms with Crippen LogP contribution in [0.25, 0.3) is 0 Å². The lowest BCUT2D eigenvalue weighted by molar-refractivity contribution is 0.415. The lowest BCUT2D eigenvalue weighted by atomic mass is 10.0. The van der Waals surface area contributed by atoms with Gasteiger partial charge in [0.2, 0.25) is 0 Å². The summed E-state index contributed by atoms with van der Waals surface area (Å²) in [5, 5.41) is 3.46. The number of allylic oxidation sites excluding steroid dienone is 2. The highest BCUT2D eigenvalue weighted by Gasteiger charge is 2.01. The van der Waals surface area contributed by atoms with Gasteiger partial charge in [-0.3, -0.25) is 0 Å². The van der Waals surface area contributed by atoms with E-state index in [0.717, 1.165) is 23.9 Å². The predicted molar refractivity (Wildman–Crippen MR) is 83.9 cm³/mol. The molecule has 0 aliphatic heterocycles. The number of nitrogens with one attached hydrogen (secondary N) is 1. The van der Waals surface area contributed by atoms with Crippen molar-refractivity contribution in [3.8, 4) is 5.75 Å². The molecule has 0 amide bonds. The van der Waals surface area contributed by atoms with Crippen LogP contribution in [0, 0.1) is 5.92 Å². The zero-order chi connectivity index (χ0) is 14.1. The quantitative estimate of drug-likeness (QED) is 0.673. The smallest absolute Gasteiger partial charge is 0.119 e. The van der Waals surface area contributed by atoms with Gasteiger partial charge in [0, 0.05) is 12.2 Å². The largest absolute Gasteiger partial charge is 0.497 e. The zero-order valence-electron chi connectivity index (χ0n) is 12.7. The maximum absolute atomic E-state index is 5.14. The monoisotopic (exact) mass is 261 g/mol. The number of methoxy groups -OCH3 is 1. The van der Waals surface area contributed by atoms with E-state index in [1.54, 1.807) is 7.11 Å². The molecule has 2 heteroatoms. The van der Waals surface area contributed by atoms with Gasteiger partial charge in [0.1, 0.15) is 5.75 Å². The Morgan fingerprint density at radius 3 is 2.47 bits per heavy atom. The lowest BCUT2D eigenvalue weighted by Gasteiger charge is -2.12. The van der Waals surface area contributed by atoms with E-state index in [1.165, 1.54) is 24.8 Å². The Hall–Kier alpha value is -1.44. The second kappa shape index (κ2) is 8.63. The van der Waals surface area contributed by atoms with Crippen molar-refractivity contribution >= 4 is 5.69 Å². The van der Waals surface area contributed by atoms with Crippen molar-refractivity contribution in [1.29, 1.82) is 0 Å². The van der Waals surface area contributed by atoms with Crippen LogP contribution >= 0.6 is 0 Å². The molecule has 0 bridgehead atoms. The Morgan fingerprint density at radius 1 is 1.21 bits per heavy atom. The molecule has 0 saturated carbocycles. The molecule has 106 valence electrons. The van der Waals surface area contributed by atoms with Crippen molar-refractivity contribution in [3.05, 3.63) is 35.9 Å². The average Bonchev–Trinajstić information content (AvgIpc) is 2.39. The van der Waals surface area contributed by atoms with E-state index in [2.05, 4.69) is 44.3 Å². The van der Waals surface area contributed by atoms with E-state index < -0.39 is 0 Å². The fourth-order valence-corrected chi connectivity index (χ4v) is 1.97. The van der Waals surface area contributed by atoms with Gasteiger partial charge in [0.25, 0.3) is 0 Å². The van der Waals surface area contributed by atoms with Gasteiger partial charge in [0.05, 0.1) is 7.11 Å². The van der Waals surface area contributed by atoms with Crippen LogP contribution in [0.4, 0.5) is 5.69 Å². The highest BCUT2D eigenvalue weighted by atomic mass is 16.5. The number of benzene rings is 1. The van der Waals surface area contributed by atoms with Gasteiger partial charge in [-0.25, -0.2) is 0 Å². The van der Waals surface area contributed by atoms with E-state index in [0.29, 0.717) is 0 Å². The zero-order valence-corrected chi connectivity index (χ0v) is 12.7. The van der Waals surface area contributed by atoms with Crippen LogP contribution in [-0.2, 0) is 0 Å². The third kappa shape index (κ3) is 6.90. The standard InChI is InChI=1S/C17H27NO/c1-14(2)6-5-7-15(3)12-13-18-16-8-10-17(19-4)11-9-16/h6,8-11,15,18H,5,7,12-13H2,1-4H3. The van der Waals surface area contributed by atoms with Crippen LogP contribution in [0.5, 0.6) is 5.75 Å². The summed E-state index contributed by atoms with van der Waals surface area (Å²) in [5.74, 6) is 1.67. The molecule has 1 N–H and O–H groups in total. The molecule has 0 aliphatic carbocycles. The molecular weight excluding hydrogens is 234 g/mol. The first-order valence-corrected chi connectivity index (χ1v) is 7.13. The molecule has 1 atom stereocenters. The lowest BCUT2D eigenvalue weighted by Crippen LogP contribution is -2.06.